The van der Waals surface area contributed by atoms with E-state index in [4.69, 9.17) is 16.6 Å². The van der Waals surface area contributed by atoms with E-state index in [2.05, 4.69) is 0 Å². The number of rotatable bonds is 6. The first-order chi connectivity index (χ1) is 15.8. The van der Waals surface area contributed by atoms with Crippen molar-refractivity contribution in [3.05, 3.63) is 65.2 Å². The number of hydrogen-bond donors (Lipinski definition) is 0. The van der Waals surface area contributed by atoms with E-state index < -0.39 is 10.2 Å². The molecule has 0 unspecified atom stereocenters. The molecule has 1 aliphatic heterocycles. The lowest BCUT2D eigenvalue weighted by Crippen LogP contribution is -2.54. The quantitative estimate of drug-likeness (QED) is 0.529. The Kier molecular flexibility index (Phi) is 6.99. The minimum atomic E-state index is -3.51. The largest absolute Gasteiger partial charge is 0.336 e. The summed E-state index contributed by atoms with van der Waals surface area (Å²) < 4.78 is 28.6. The van der Waals surface area contributed by atoms with Crippen LogP contribution in [0.1, 0.15) is 24.2 Å². The van der Waals surface area contributed by atoms with Crippen molar-refractivity contribution >= 4 is 38.6 Å². The SMILES string of the molecule is CCN(CC)S(=O)(=O)N1CCN(C(=O)c2cc(-c3ccc(Cl)cc3)nc3ccccc23)CC1. The lowest BCUT2D eigenvalue weighted by molar-refractivity contribution is 0.0696. The van der Waals surface area contributed by atoms with Crippen molar-refractivity contribution in [2.24, 2.45) is 0 Å². The van der Waals surface area contributed by atoms with Gasteiger partial charge in [0.15, 0.2) is 0 Å². The number of nitrogens with zero attached hydrogens (tertiary/aromatic N) is 4. The second kappa shape index (κ2) is 9.77. The molecule has 0 saturated carbocycles. The lowest BCUT2D eigenvalue weighted by atomic mass is 10.0. The van der Waals surface area contributed by atoms with Crippen LogP contribution in [0.5, 0.6) is 0 Å². The van der Waals surface area contributed by atoms with Gasteiger partial charge in [-0.05, 0) is 24.3 Å². The maximum absolute atomic E-state index is 13.6. The number of carbonyl (C=O) groups is 1. The second-order valence-corrected chi connectivity index (χ2v) is 10.2. The van der Waals surface area contributed by atoms with E-state index in [-0.39, 0.29) is 19.0 Å². The van der Waals surface area contributed by atoms with Gasteiger partial charge in [0.05, 0.1) is 16.8 Å². The number of pyridine rings is 1. The predicted octanol–water partition coefficient (Wildman–Crippen LogP) is 3.90. The fourth-order valence-corrected chi connectivity index (χ4v) is 5.86. The van der Waals surface area contributed by atoms with E-state index in [1.54, 1.807) is 17.0 Å². The maximum Gasteiger partial charge on any atom is 0.282 e. The van der Waals surface area contributed by atoms with E-state index in [0.29, 0.717) is 42.5 Å². The Balaban J connectivity index is 1.62. The van der Waals surface area contributed by atoms with Gasteiger partial charge in [-0.15, -0.1) is 0 Å². The first kappa shape index (κ1) is 23.6. The summed E-state index contributed by atoms with van der Waals surface area (Å²) >= 11 is 6.03. The topological polar surface area (TPSA) is 73.8 Å². The molecule has 2 heterocycles. The van der Waals surface area contributed by atoms with Crippen molar-refractivity contribution in [1.82, 2.24) is 18.5 Å². The van der Waals surface area contributed by atoms with Crippen LogP contribution in [0.3, 0.4) is 0 Å². The van der Waals surface area contributed by atoms with Crippen LogP contribution >= 0.6 is 11.6 Å². The summed E-state index contributed by atoms with van der Waals surface area (Å²) in [5.74, 6) is -0.122. The number of hydrogen-bond acceptors (Lipinski definition) is 4. The van der Waals surface area contributed by atoms with Crippen molar-refractivity contribution in [2.45, 2.75) is 13.8 Å². The molecule has 0 radical (unpaired) electrons. The minimum Gasteiger partial charge on any atom is -0.336 e. The molecule has 7 nitrogen and oxygen atoms in total. The van der Waals surface area contributed by atoms with Crippen molar-refractivity contribution in [3.8, 4) is 11.3 Å². The van der Waals surface area contributed by atoms with Crippen molar-refractivity contribution in [3.63, 3.8) is 0 Å². The van der Waals surface area contributed by atoms with Crippen molar-refractivity contribution in [1.29, 1.82) is 0 Å². The molecule has 174 valence electrons. The Labute approximate surface area is 199 Å². The zero-order valence-corrected chi connectivity index (χ0v) is 20.3. The zero-order chi connectivity index (χ0) is 23.6. The number of carbonyl (C=O) groups excluding carboxylic acids is 1. The van der Waals surface area contributed by atoms with Gasteiger partial charge in [0, 0.05) is 55.2 Å². The van der Waals surface area contributed by atoms with Crippen LogP contribution in [0, 0.1) is 0 Å². The molecule has 2 aromatic carbocycles. The third kappa shape index (κ3) is 4.75. The van der Waals surface area contributed by atoms with Crippen LogP contribution < -0.4 is 0 Å². The molecule has 0 N–H and O–H groups in total. The van der Waals surface area contributed by atoms with Crippen LogP contribution in [-0.4, -0.2) is 72.1 Å². The number of para-hydroxylation sites is 1. The van der Waals surface area contributed by atoms with Gasteiger partial charge in [0.2, 0.25) is 0 Å². The summed E-state index contributed by atoms with van der Waals surface area (Å²) in [5.41, 5.74) is 2.85. The molecule has 4 rings (SSSR count). The van der Waals surface area contributed by atoms with Gasteiger partial charge in [-0.25, -0.2) is 4.98 Å². The molecule has 1 amide bonds. The van der Waals surface area contributed by atoms with Crippen LogP contribution in [0.2, 0.25) is 5.02 Å². The number of piperazine rings is 1. The Morgan fingerprint density at radius 1 is 1.00 bits per heavy atom. The lowest BCUT2D eigenvalue weighted by Gasteiger charge is -2.36. The average molecular weight is 487 g/mol. The number of amides is 1. The molecule has 1 aromatic heterocycles. The Morgan fingerprint density at radius 2 is 1.64 bits per heavy atom. The van der Waals surface area contributed by atoms with Gasteiger partial charge in [-0.3, -0.25) is 4.79 Å². The maximum atomic E-state index is 13.6. The highest BCUT2D eigenvalue weighted by atomic mass is 35.5. The van der Waals surface area contributed by atoms with E-state index in [9.17, 15) is 13.2 Å². The van der Waals surface area contributed by atoms with Gasteiger partial charge in [0.25, 0.3) is 16.1 Å². The summed E-state index contributed by atoms with van der Waals surface area (Å²) in [6.07, 6.45) is 0. The average Bonchev–Trinajstić information content (AvgIpc) is 2.84. The Hall–Kier alpha value is -2.52. The van der Waals surface area contributed by atoms with Crippen LogP contribution in [0.4, 0.5) is 0 Å². The van der Waals surface area contributed by atoms with Crippen LogP contribution in [0.25, 0.3) is 22.2 Å². The first-order valence-corrected chi connectivity index (χ1v) is 12.8. The third-order valence-corrected chi connectivity index (χ3v) is 8.41. The van der Waals surface area contributed by atoms with Gasteiger partial charge < -0.3 is 4.90 Å². The first-order valence-electron chi connectivity index (χ1n) is 11.1. The van der Waals surface area contributed by atoms with Gasteiger partial charge in [-0.1, -0.05) is 55.8 Å². The normalized spacial score (nSPS) is 15.3. The monoisotopic (exact) mass is 486 g/mol. The summed E-state index contributed by atoms with van der Waals surface area (Å²) in [4.78, 5) is 20.0. The molecule has 33 heavy (non-hydrogen) atoms. The summed E-state index contributed by atoms with van der Waals surface area (Å²) in [6, 6.07) is 16.7. The summed E-state index contributed by atoms with van der Waals surface area (Å²) in [6.45, 7) is 5.73. The molecule has 1 fully saturated rings. The Bertz CT molecular complexity index is 1250. The molecule has 1 aliphatic rings. The molecular weight excluding hydrogens is 460 g/mol. The number of halogens is 1. The molecule has 0 spiro atoms. The molecule has 0 atom stereocenters. The number of benzene rings is 2. The van der Waals surface area contributed by atoms with Crippen LogP contribution in [0.15, 0.2) is 54.6 Å². The van der Waals surface area contributed by atoms with E-state index in [1.165, 1.54) is 8.61 Å². The van der Waals surface area contributed by atoms with E-state index >= 15 is 0 Å². The minimum absolute atomic E-state index is 0.122. The molecule has 9 heteroatoms. The second-order valence-electron chi connectivity index (χ2n) is 7.86. The van der Waals surface area contributed by atoms with E-state index in [1.807, 2.05) is 56.3 Å². The standard InChI is InChI=1S/C24H27ClN4O3S/c1-3-28(4-2)33(31,32)29-15-13-27(14-16-29)24(30)21-17-23(18-9-11-19(25)12-10-18)26-22-8-6-5-7-20(21)22/h5-12,17H,3-4,13-16H2,1-2H3. The molecular formula is C24H27ClN4O3S. The van der Waals surface area contributed by atoms with Gasteiger partial charge >= 0.3 is 0 Å². The van der Waals surface area contributed by atoms with Crippen molar-refractivity contribution in [2.75, 3.05) is 39.3 Å². The molecule has 1 saturated heterocycles. The van der Waals surface area contributed by atoms with Gasteiger partial charge in [-0.2, -0.15) is 17.0 Å². The highest BCUT2D eigenvalue weighted by molar-refractivity contribution is 7.86. The van der Waals surface area contributed by atoms with Crippen molar-refractivity contribution < 1.29 is 13.2 Å². The highest BCUT2D eigenvalue weighted by Gasteiger charge is 2.32. The Morgan fingerprint density at radius 3 is 2.27 bits per heavy atom. The fraction of sp³-hybridized carbons (Fsp3) is 0.333. The molecule has 0 bridgehead atoms. The van der Waals surface area contributed by atoms with Crippen LogP contribution in [-0.2, 0) is 10.2 Å². The van der Waals surface area contributed by atoms with Gasteiger partial charge in [0.1, 0.15) is 0 Å². The molecule has 0 aliphatic carbocycles. The summed E-state index contributed by atoms with van der Waals surface area (Å²) in [7, 11) is -3.51. The fourth-order valence-electron chi connectivity index (χ4n) is 4.13. The summed E-state index contributed by atoms with van der Waals surface area (Å²) in [5, 5.41) is 1.41. The molecule has 3 aromatic rings. The number of fused-ring (bicyclic) bond motifs is 1. The van der Waals surface area contributed by atoms with E-state index in [0.717, 1.165) is 16.5 Å². The predicted molar refractivity (Wildman–Crippen MR) is 132 cm³/mol. The smallest absolute Gasteiger partial charge is 0.282 e. The zero-order valence-electron chi connectivity index (χ0n) is 18.7. The number of aromatic nitrogens is 1. The third-order valence-electron chi connectivity index (χ3n) is 5.97. The highest BCUT2D eigenvalue weighted by Crippen LogP contribution is 2.27.